The van der Waals surface area contributed by atoms with Crippen LogP contribution in [0.3, 0.4) is 0 Å². The Morgan fingerprint density at radius 2 is 1.91 bits per heavy atom. The highest BCUT2D eigenvalue weighted by Gasteiger charge is 2.14. The number of aryl methyl sites for hydroxylation is 1. The Labute approximate surface area is 192 Å². The number of furan rings is 1. The standard InChI is InChI=1S/C24H20BrN3O4/c1-13-9-17(15(3)28(13)20-6-4-5-19(14(20)2)24(30)31)12-26-27-23(29)22-11-16-10-18(25)7-8-21(16)32-22/h4-12H,1-3H3,(H,27,29)(H,30,31)/p-1/b26-12-. The van der Waals surface area contributed by atoms with E-state index < -0.39 is 11.9 Å². The van der Waals surface area contributed by atoms with Crippen LogP contribution in [-0.4, -0.2) is 22.7 Å². The smallest absolute Gasteiger partial charge is 0.307 e. The number of hydrogen-bond acceptors (Lipinski definition) is 5. The summed E-state index contributed by atoms with van der Waals surface area (Å²) in [5, 5.41) is 16.3. The fourth-order valence-corrected chi connectivity index (χ4v) is 4.10. The van der Waals surface area contributed by atoms with Gasteiger partial charge >= 0.3 is 5.91 Å². The molecular formula is C24H19BrN3O4-. The number of halogens is 1. The van der Waals surface area contributed by atoms with E-state index >= 15 is 0 Å². The third kappa shape index (κ3) is 3.97. The summed E-state index contributed by atoms with van der Waals surface area (Å²) in [4.78, 5) is 23.8. The zero-order chi connectivity index (χ0) is 23.0. The molecule has 0 unspecified atom stereocenters. The Hall–Kier alpha value is -3.65. The minimum atomic E-state index is -1.21. The first kappa shape index (κ1) is 21.6. The predicted octanol–water partition coefficient (Wildman–Crippen LogP) is 4.04. The third-order valence-corrected chi connectivity index (χ3v) is 5.80. The number of hydrazone groups is 1. The minimum Gasteiger partial charge on any atom is -0.545 e. The maximum atomic E-state index is 12.4. The number of aromatic nitrogens is 1. The van der Waals surface area contributed by atoms with Crippen LogP contribution < -0.4 is 10.5 Å². The van der Waals surface area contributed by atoms with Crippen molar-refractivity contribution in [2.24, 2.45) is 5.10 Å². The first-order valence-corrected chi connectivity index (χ1v) is 10.6. The molecule has 0 aliphatic carbocycles. The molecule has 4 aromatic rings. The second kappa shape index (κ2) is 8.47. The maximum absolute atomic E-state index is 12.4. The van der Waals surface area contributed by atoms with Crippen LogP contribution in [0.5, 0.6) is 0 Å². The van der Waals surface area contributed by atoms with Crippen LogP contribution in [0.1, 0.15) is 43.4 Å². The molecule has 32 heavy (non-hydrogen) atoms. The Balaban J connectivity index is 1.57. The molecule has 0 saturated carbocycles. The second-order valence-electron chi connectivity index (χ2n) is 7.39. The summed E-state index contributed by atoms with van der Waals surface area (Å²) in [7, 11) is 0. The average Bonchev–Trinajstić information content (AvgIpc) is 3.28. The quantitative estimate of drug-likeness (QED) is 0.335. The van der Waals surface area contributed by atoms with Crippen molar-refractivity contribution < 1.29 is 19.1 Å². The van der Waals surface area contributed by atoms with Gasteiger partial charge in [-0.2, -0.15) is 5.10 Å². The van der Waals surface area contributed by atoms with Crippen molar-refractivity contribution in [2.45, 2.75) is 20.8 Å². The molecule has 0 radical (unpaired) electrons. The average molecular weight is 493 g/mol. The summed E-state index contributed by atoms with van der Waals surface area (Å²) < 4.78 is 8.41. The fourth-order valence-electron chi connectivity index (χ4n) is 3.72. The highest BCUT2D eigenvalue weighted by Crippen LogP contribution is 2.25. The molecule has 2 heterocycles. The summed E-state index contributed by atoms with van der Waals surface area (Å²) >= 11 is 3.39. The van der Waals surface area contributed by atoms with Crippen LogP contribution in [0.2, 0.25) is 0 Å². The number of fused-ring (bicyclic) bond motifs is 1. The number of carbonyl (C=O) groups is 2. The lowest BCUT2D eigenvalue weighted by atomic mass is 10.1. The van der Waals surface area contributed by atoms with E-state index in [0.717, 1.165) is 32.5 Å². The molecule has 1 amide bonds. The molecule has 2 aromatic carbocycles. The SMILES string of the molecule is Cc1c(C(=O)[O-])cccc1-n1c(C)cc(/C=N\NC(=O)c2cc3cc(Br)ccc3o2)c1C. The number of nitrogens with one attached hydrogen (secondary N) is 1. The molecule has 0 spiro atoms. The molecule has 1 N–H and O–H groups in total. The topological polar surface area (TPSA) is 99.7 Å². The molecular weight excluding hydrogens is 474 g/mol. The van der Waals surface area contributed by atoms with E-state index in [1.165, 1.54) is 6.07 Å². The Bertz CT molecular complexity index is 1400. The summed E-state index contributed by atoms with van der Waals surface area (Å²) in [5.41, 5.74) is 7.15. The lowest BCUT2D eigenvalue weighted by Gasteiger charge is -2.16. The van der Waals surface area contributed by atoms with Crippen LogP contribution in [0.4, 0.5) is 0 Å². The highest BCUT2D eigenvalue weighted by atomic mass is 79.9. The van der Waals surface area contributed by atoms with E-state index in [4.69, 9.17) is 4.42 Å². The zero-order valence-corrected chi connectivity index (χ0v) is 19.2. The molecule has 7 nitrogen and oxygen atoms in total. The van der Waals surface area contributed by atoms with Crippen LogP contribution in [0.15, 0.2) is 62.5 Å². The summed E-state index contributed by atoms with van der Waals surface area (Å²) in [6.07, 6.45) is 1.55. The van der Waals surface area contributed by atoms with Gasteiger partial charge in [0.1, 0.15) is 5.58 Å². The van der Waals surface area contributed by atoms with Gasteiger partial charge in [-0.15, -0.1) is 0 Å². The first-order valence-electron chi connectivity index (χ1n) is 9.79. The van der Waals surface area contributed by atoms with Gasteiger partial charge in [0.2, 0.25) is 0 Å². The summed E-state index contributed by atoms with van der Waals surface area (Å²) in [6.45, 7) is 5.57. The number of hydrogen-bond donors (Lipinski definition) is 1. The van der Waals surface area contributed by atoms with Crippen LogP contribution >= 0.6 is 15.9 Å². The molecule has 0 saturated heterocycles. The number of carboxylic acids is 1. The Kier molecular flexibility index (Phi) is 5.71. The number of carbonyl (C=O) groups excluding carboxylic acids is 2. The molecule has 0 aliphatic rings. The van der Waals surface area contributed by atoms with Gasteiger partial charge in [-0.05, 0) is 62.7 Å². The van der Waals surface area contributed by atoms with E-state index in [-0.39, 0.29) is 11.3 Å². The molecule has 0 aliphatic heterocycles. The van der Waals surface area contributed by atoms with Crippen molar-refractivity contribution in [1.82, 2.24) is 9.99 Å². The maximum Gasteiger partial charge on any atom is 0.307 e. The largest absolute Gasteiger partial charge is 0.545 e. The number of nitrogens with zero attached hydrogens (tertiary/aromatic N) is 2. The summed E-state index contributed by atoms with van der Waals surface area (Å²) in [5.74, 6) is -1.51. The van der Waals surface area contributed by atoms with Gasteiger partial charge < -0.3 is 18.9 Å². The molecule has 0 bridgehead atoms. The molecule has 4 rings (SSSR count). The number of amides is 1. The Morgan fingerprint density at radius 3 is 2.66 bits per heavy atom. The van der Waals surface area contributed by atoms with Gasteiger partial charge in [-0.1, -0.05) is 28.1 Å². The van der Waals surface area contributed by atoms with Gasteiger partial charge in [-0.25, -0.2) is 5.43 Å². The first-order chi connectivity index (χ1) is 15.3. The van der Waals surface area contributed by atoms with Crippen LogP contribution in [0.25, 0.3) is 16.7 Å². The lowest BCUT2D eigenvalue weighted by molar-refractivity contribution is -0.255. The molecule has 2 aromatic heterocycles. The third-order valence-electron chi connectivity index (χ3n) is 5.31. The summed E-state index contributed by atoms with van der Waals surface area (Å²) in [6, 6.07) is 14.1. The van der Waals surface area contributed by atoms with Crippen molar-refractivity contribution in [2.75, 3.05) is 0 Å². The minimum absolute atomic E-state index is 0.148. The van der Waals surface area contributed by atoms with E-state index in [2.05, 4.69) is 26.5 Å². The van der Waals surface area contributed by atoms with E-state index in [1.807, 2.05) is 42.7 Å². The van der Waals surface area contributed by atoms with Crippen LogP contribution in [0, 0.1) is 20.8 Å². The van der Waals surface area contributed by atoms with Crippen LogP contribution in [-0.2, 0) is 0 Å². The van der Waals surface area contributed by atoms with Gasteiger partial charge in [0.05, 0.1) is 12.2 Å². The zero-order valence-electron chi connectivity index (χ0n) is 17.6. The molecule has 162 valence electrons. The van der Waals surface area contributed by atoms with Crippen molar-refractivity contribution in [3.8, 4) is 5.69 Å². The molecule has 8 heteroatoms. The highest BCUT2D eigenvalue weighted by molar-refractivity contribution is 9.10. The lowest BCUT2D eigenvalue weighted by Crippen LogP contribution is -2.23. The monoisotopic (exact) mass is 492 g/mol. The van der Waals surface area contributed by atoms with E-state index in [9.17, 15) is 14.7 Å². The number of carboxylic acid groups (broad SMARTS) is 1. The number of benzene rings is 2. The number of rotatable bonds is 5. The second-order valence-corrected chi connectivity index (χ2v) is 8.31. The van der Waals surface area contributed by atoms with Crippen molar-refractivity contribution >= 4 is 45.0 Å². The van der Waals surface area contributed by atoms with Gasteiger partial charge in [-0.3, -0.25) is 4.79 Å². The van der Waals surface area contributed by atoms with E-state index in [1.54, 1.807) is 31.3 Å². The predicted molar refractivity (Wildman–Crippen MR) is 123 cm³/mol. The van der Waals surface area contributed by atoms with Crippen molar-refractivity contribution in [1.29, 1.82) is 0 Å². The van der Waals surface area contributed by atoms with E-state index in [0.29, 0.717) is 11.1 Å². The van der Waals surface area contributed by atoms with Gasteiger partial charge in [0.25, 0.3) is 0 Å². The van der Waals surface area contributed by atoms with Gasteiger partial charge in [0.15, 0.2) is 5.76 Å². The number of aromatic carboxylic acids is 1. The molecule has 0 fully saturated rings. The fraction of sp³-hybridized carbons (Fsp3) is 0.125. The van der Waals surface area contributed by atoms with Crippen molar-refractivity contribution in [3.05, 3.63) is 86.8 Å². The molecule has 0 atom stereocenters. The normalized spacial score (nSPS) is 11.4. The van der Waals surface area contributed by atoms with Gasteiger partial charge in [0, 0.05) is 38.1 Å². The van der Waals surface area contributed by atoms with Crippen molar-refractivity contribution in [3.63, 3.8) is 0 Å². The Morgan fingerprint density at radius 1 is 1.12 bits per heavy atom.